The first-order valence-electron chi connectivity index (χ1n) is 6.63. The molecule has 96 valence electrons. The lowest BCUT2D eigenvalue weighted by atomic mass is 9.77. The van der Waals surface area contributed by atoms with Gasteiger partial charge in [-0.3, -0.25) is 4.68 Å². The number of nitrogens with zero attached hydrogens (tertiary/aromatic N) is 2. The Morgan fingerprint density at radius 2 is 2.24 bits per heavy atom. The van der Waals surface area contributed by atoms with E-state index in [1.807, 2.05) is 6.20 Å². The Morgan fingerprint density at radius 1 is 1.47 bits per heavy atom. The van der Waals surface area contributed by atoms with Gasteiger partial charge in [0.1, 0.15) is 0 Å². The van der Waals surface area contributed by atoms with E-state index in [1.54, 1.807) is 0 Å². The molecule has 1 aliphatic carbocycles. The first-order chi connectivity index (χ1) is 8.27. The number of halogens is 1. The van der Waals surface area contributed by atoms with Gasteiger partial charge in [0.25, 0.3) is 0 Å². The fourth-order valence-electron chi connectivity index (χ4n) is 3.07. The van der Waals surface area contributed by atoms with Crippen LogP contribution in [0.2, 0.25) is 0 Å². The van der Waals surface area contributed by atoms with Crippen LogP contribution < -0.4 is 5.32 Å². The summed E-state index contributed by atoms with van der Waals surface area (Å²) in [5, 5.41) is 7.79. The maximum Gasteiger partial charge on any atom is 0.0635 e. The second-order valence-electron chi connectivity index (χ2n) is 4.90. The van der Waals surface area contributed by atoms with Gasteiger partial charge < -0.3 is 5.32 Å². The van der Waals surface area contributed by atoms with E-state index in [0.29, 0.717) is 5.92 Å². The molecule has 0 amide bonds. The Labute approximate surface area is 112 Å². The third-order valence-corrected chi connectivity index (χ3v) is 4.47. The predicted molar refractivity (Wildman–Crippen MR) is 74.2 cm³/mol. The second-order valence-corrected chi connectivity index (χ2v) is 5.76. The molecule has 0 spiro atoms. The summed E-state index contributed by atoms with van der Waals surface area (Å²) in [7, 11) is 2.05. The summed E-state index contributed by atoms with van der Waals surface area (Å²) in [5.41, 5.74) is 1.41. The summed E-state index contributed by atoms with van der Waals surface area (Å²) in [6.07, 6.45) is 7.32. The molecule has 3 nitrogen and oxygen atoms in total. The van der Waals surface area contributed by atoms with Crippen molar-refractivity contribution < 1.29 is 0 Å². The molecule has 0 bridgehead atoms. The monoisotopic (exact) mass is 299 g/mol. The van der Waals surface area contributed by atoms with Gasteiger partial charge in [0.05, 0.1) is 16.4 Å². The first kappa shape index (κ1) is 13.1. The van der Waals surface area contributed by atoms with Crippen molar-refractivity contribution in [3.63, 3.8) is 0 Å². The number of hydrogen-bond donors (Lipinski definition) is 1. The molecule has 17 heavy (non-hydrogen) atoms. The van der Waals surface area contributed by atoms with Crippen LogP contribution in [0.15, 0.2) is 10.7 Å². The zero-order valence-corrected chi connectivity index (χ0v) is 12.3. The van der Waals surface area contributed by atoms with Gasteiger partial charge in [-0.2, -0.15) is 5.10 Å². The predicted octanol–water partition coefficient (Wildman–Crippen LogP) is 3.16. The third kappa shape index (κ3) is 2.74. The fraction of sp³-hybridized carbons (Fsp3) is 0.769. The van der Waals surface area contributed by atoms with Crippen LogP contribution in [-0.2, 0) is 6.54 Å². The van der Waals surface area contributed by atoms with E-state index in [1.165, 1.54) is 35.8 Å². The van der Waals surface area contributed by atoms with E-state index >= 15 is 0 Å². The van der Waals surface area contributed by atoms with Gasteiger partial charge >= 0.3 is 0 Å². The number of nitrogens with one attached hydrogen (secondary N) is 1. The lowest BCUT2D eigenvalue weighted by Crippen LogP contribution is -2.29. The van der Waals surface area contributed by atoms with E-state index in [2.05, 4.69) is 45.0 Å². The minimum atomic E-state index is 0.660. The van der Waals surface area contributed by atoms with Crippen LogP contribution in [0.3, 0.4) is 0 Å². The Bertz CT molecular complexity index is 360. The average molecular weight is 300 g/mol. The van der Waals surface area contributed by atoms with Crippen molar-refractivity contribution in [1.82, 2.24) is 15.1 Å². The average Bonchev–Trinajstić information content (AvgIpc) is 2.72. The minimum absolute atomic E-state index is 0.660. The Balaban J connectivity index is 2.25. The van der Waals surface area contributed by atoms with Crippen molar-refractivity contribution in [3.05, 3.63) is 16.4 Å². The van der Waals surface area contributed by atoms with Crippen molar-refractivity contribution in [2.45, 2.75) is 45.1 Å². The van der Waals surface area contributed by atoms with Gasteiger partial charge in [0.15, 0.2) is 0 Å². The SMILES string of the molecule is CCn1ncc(Br)c1C1CCCCC1CNC. The van der Waals surface area contributed by atoms with E-state index in [0.717, 1.165) is 19.0 Å². The van der Waals surface area contributed by atoms with Crippen molar-refractivity contribution in [1.29, 1.82) is 0 Å². The van der Waals surface area contributed by atoms with Gasteiger partial charge in [-0.1, -0.05) is 12.8 Å². The Hall–Kier alpha value is -0.350. The number of aromatic nitrogens is 2. The van der Waals surface area contributed by atoms with Crippen LogP contribution in [0, 0.1) is 5.92 Å². The quantitative estimate of drug-likeness (QED) is 0.925. The standard InChI is InChI=1S/C13H22BrN3/c1-3-17-13(12(14)9-16-17)11-7-5-4-6-10(11)8-15-2/h9-11,15H,3-8H2,1-2H3. The number of hydrogen-bond acceptors (Lipinski definition) is 2. The van der Waals surface area contributed by atoms with Gasteiger partial charge in [-0.05, 0) is 55.2 Å². The summed E-state index contributed by atoms with van der Waals surface area (Å²) in [4.78, 5) is 0. The number of rotatable bonds is 4. The van der Waals surface area contributed by atoms with Crippen LogP contribution in [0.1, 0.15) is 44.2 Å². The third-order valence-electron chi connectivity index (χ3n) is 3.86. The van der Waals surface area contributed by atoms with Crippen LogP contribution in [0.25, 0.3) is 0 Å². The molecule has 1 aliphatic rings. The molecular weight excluding hydrogens is 278 g/mol. The highest BCUT2D eigenvalue weighted by atomic mass is 79.9. The highest BCUT2D eigenvalue weighted by Crippen LogP contribution is 2.40. The number of aryl methyl sites for hydroxylation is 1. The topological polar surface area (TPSA) is 29.9 Å². The Kier molecular flexibility index (Phi) is 4.62. The zero-order valence-electron chi connectivity index (χ0n) is 10.7. The molecule has 1 heterocycles. The molecule has 1 aromatic rings. The van der Waals surface area contributed by atoms with Crippen molar-refractivity contribution in [2.24, 2.45) is 5.92 Å². The molecule has 2 unspecified atom stereocenters. The van der Waals surface area contributed by atoms with Crippen LogP contribution in [0.5, 0.6) is 0 Å². The van der Waals surface area contributed by atoms with Gasteiger partial charge in [0.2, 0.25) is 0 Å². The summed E-state index contributed by atoms with van der Waals surface area (Å²) in [5.74, 6) is 1.42. The molecule has 1 aromatic heterocycles. The molecule has 2 rings (SSSR count). The normalized spacial score (nSPS) is 25.1. The van der Waals surface area contributed by atoms with Gasteiger partial charge in [0, 0.05) is 12.5 Å². The smallest absolute Gasteiger partial charge is 0.0635 e. The van der Waals surface area contributed by atoms with Crippen molar-refractivity contribution in [3.8, 4) is 0 Å². The molecule has 4 heteroatoms. The van der Waals surface area contributed by atoms with Crippen LogP contribution in [-0.4, -0.2) is 23.4 Å². The fourth-order valence-corrected chi connectivity index (χ4v) is 3.66. The summed E-state index contributed by atoms with van der Waals surface area (Å²) in [6.45, 7) is 4.24. The van der Waals surface area contributed by atoms with E-state index in [-0.39, 0.29) is 0 Å². The van der Waals surface area contributed by atoms with Gasteiger partial charge in [-0.25, -0.2) is 0 Å². The van der Waals surface area contributed by atoms with Crippen LogP contribution in [0.4, 0.5) is 0 Å². The van der Waals surface area contributed by atoms with Crippen molar-refractivity contribution >= 4 is 15.9 Å². The first-order valence-corrected chi connectivity index (χ1v) is 7.43. The second kappa shape index (κ2) is 6.01. The molecular formula is C13H22BrN3. The Morgan fingerprint density at radius 3 is 2.94 bits per heavy atom. The maximum atomic E-state index is 4.45. The summed E-state index contributed by atoms with van der Waals surface area (Å²) in [6, 6.07) is 0. The highest BCUT2D eigenvalue weighted by molar-refractivity contribution is 9.10. The molecule has 0 radical (unpaired) electrons. The molecule has 0 saturated heterocycles. The molecule has 0 aliphatic heterocycles. The maximum absolute atomic E-state index is 4.45. The summed E-state index contributed by atoms with van der Waals surface area (Å²) < 4.78 is 3.34. The molecule has 0 aromatic carbocycles. The zero-order chi connectivity index (χ0) is 12.3. The van der Waals surface area contributed by atoms with E-state index in [4.69, 9.17) is 0 Å². The molecule has 2 atom stereocenters. The lowest BCUT2D eigenvalue weighted by molar-refractivity contribution is 0.288. The van der Waals surface area contributed by atoms with Crippen LogP contribution >= 0.6 is 15.9 Å². The highest BCUT2D eigenvalue weighted by Gasteiger charge is 2.29. The minimum Gasteiger partial charge on any atom is -0.319 e. The molecule has 1 N–H and O–H groups in total. The molecule has 1 saturated carbocycles. The molecule has 1 fully saturated rings. The van der Waals surface area contributed by atoms with Gasteiger partial charge in [-0.15, -0.1) is 0 Å². The largest absolute Gasteiger partial charge is 0.319 e. The van der Waals surface area contributed by atoms with Crippen molar-refractivity contribution in [2.75, 3.05) is 13.6 Å². The van der Waals surface area contributed by atoms with E-state index in [9.17, 15) is 0 Å². The summed E-state index contributed by atoms with van der Waals surface area (Å²) >= 11 is 3.67. The van der Waals surface area contributed by atoms with E-state index < -0.39 is 0 Å². The lowest BCUT2D eigenvalue weighted by Gasteiger charge is -2.32.